The van der Waals surface area contributed by atoms with E-state index in [1.54, 1.807) is 7.11 Å². The highest BCUT2D eigenvalue weighted by atomic mass is 32.2. The van der Waals surface area contributed by atoms with E-state index in [2.05, 4.69) is 11.1 Å². The van der Waals surface area contributed by atoms with E-state index in [4.69, 9.17) is 14.7 Å². The number of methoxy groups -OCH3 is 1. The number of nitrogens with zero attached hydrogens (tertiary/aromatic N) is 2. The molecule has 0 aliphatic carbocycles. The fourth-order valence-corrected chi connectivity index (χ4v) is 3.45. The van der Waals surface area contributed by atoms with Crippen LogP contribution in [-0.2, 0) is 9.78 Å². The Bertz CT molecular complexity index is 779. The highest BCUT2D eigenvalue weighted by molar-refractivity contribution is 7.95. The highest BCUT2D eigenvalue weighted by Gasteiger charge is 2.38. The normalized spacial score (nSPS) is 15.2. The number of nitrogens with two attached hydrogens (primary N) is 1. The Morgan fingerprint density at radius 1 is 1.32 bits per heavy atom. The Kier molecular flexibility index (Phi) is 3.47. The number of rotatable bonds is 2. The second-order valence-electron chi connectivity index (χ2n) is 5.44. The highest BCUT2D eigenvalue weighted by Crippen LogP contribution is 2.50. The Balaban J connectivity index is 2.28. The summed E-state index contributed by atoms with van der Waals surface area (Å²) in [6.45, 7) is 3.87. The van der Waals surface area contributed by atoms with Crippen LogP contribution in [0.5, 0.6) is 5.75 Å². The monoisotopic (exact) mass is 313 g/mol. The van der Waals surface area contributed by atoms with E-state index in [0.717, 1.165) is 27.5 Å². The summed E-state index contributed by atoms with van der Waals surface area (Å²) < 4.78 is 10.9. The Hall–Kier alpha value is -2.23. The smallest absolute Gasteiger partial charge is 0.142 e. The van der Waals surface area contributed by atoms with Crippen LogP contribution >= 0.6 is 12.0 Å². The van der Waals surface area contributed by atoms with Crippen molar-refractivity contribution >= 4 is 17.9 Å². The van der Waals surface area contributed by atoms with Gasteiger partial charge in [0.15, 0.2) is 0 Å². The van der Waals surface area contributed by atoms with Crippen molar-refractivity contribution in [2.24, 2.45) is 0 Å². The number of nitriles is 1. The maximum absolute atomic E-state index is 9.48. The van der Waals surface area contributed by atoms with E-state index in [-0.39, 0.29) is 5.82 Å². The molecule has 0 fully saturated rings. The van der Waals surface area contributed by atoms with Crippen LogP contribution in [-0.4, -0.2) is 12.1 Å². The molecule has 2 N–H and O–H groups in total. The van der Waals surface area contributed by atoms with Crippen LogP contribution < -0.4 is 10.5 Å². The molecule has 5 nitrogen and oxygen atoms in total. The Labute approximate surface area is 133 Å². The first-order valence-electron chi connectivity index (χ1n) is 6.72. The van der Waals surface area contributed by atoms with Crippen LogP contribution in [0.2, 0.25) is 0 Å². The zero-order valence-corrected chi connectivity index (χ0v) is 13.3. The van der Waals surface area contributed by atoms with Crippen molar-refractivity contribution in [2.45, 2.75) is 24.3 Å². The number of ether oxygens (including phenoxy) is 1. The van der Waals surface area contributed by atoms with Gasteiger partial charge in [0.2, 0.25) is 0 Å². The molecule has 0 unspecified atom stereocenters. The molecule has 1 aliphatic heterocycles. The van der Waals surface area contributed by atoms with Crippen molar-refractivity contribution in [2.75, 3.05) is 12.8 Å². The summed E-state index contributed by atoms with van der Waals surface area (Å²) in [4.78, 5) is 5.23. The Morgan fingerprint density at radius 3 is 2.59 bits per heavy atom. The van der Waals surface area contributed by atoms with Gasteiger partial charge in [-0.1, -0.05) is 12.1 Å². The van der Waals surface area contributed by atoms with Gasteiger partial charge < -0.3 is 10.5 Å². The van der Waals surface area contributed by atoms with Crippen molar-refractivity contribution in [3.63, 3.8) is 0 Å². The van der Waals surface area contributed by atoms with Gasteiger partial charge in [0.05, 0.1) is 17.7 Å². The van der Waals surface area contributed by atoms with Crippen LogP contribution in [0.25, 0.3) is 11.1 Å². The first kappa shape index (κ1) is 14.7. The molecular weight excluding hydrogens is 298 g/mol. The largest absolute Gasteiger partial charge is 0.497 e. The number of aromatic nitrogens is 1. The molecule has 1 aliphatic rings. The van der Waals surface area contributed by atoms with Gasteiger partial charge in [-0.3, -0.25) is 4.18 Å². The second kappa shape index (κ2) is 5.20. The fourth-order valence-electron chi connectivity index (χ4n) is 2.41. The minimum atomic E-state index is -0.538. The zero-order chi connectivity index (χ0) is 15.9. The number of pyridine rings is 1. The molecule has 0 bridgehead atoms. The van der Waals surface area contributed by atoms with E-state index in [9.17, 15) is 5.26 Å². The molecule has 0 radical (unpaired) electrons. The average molecular weight is 313 g/mol. The van der Waals surface area contributed by atoms with Crippen LogP contribution in [0.4, 0.5) is 5.82 Å². The maximum atomic E-state index is 9.48. The molecule has 0 spiro atoms. The van der Waals surface area contributed by atoms with Crippen molar-refractivity contribution in [3.8, 4) is 22.9 Å². The molecule has 0 saturated heterocycles. The lowest BCUT2D eigenvalue weighted by atomic mass is 9.95. The second-order valence-corrected chi connectivity index (χ2v) is 6.18. The van der Waals surface area contributed by atoms with E-state index in [1.807, 2.05) is 38.1 Å². The van der Waals surface area contributed by atoms with E-state index < -0.39 is 5.60 Å². The maximum Gasteiger partial charge on any atom is 0.142 e. The molecule has 0 saturated carbocycles. The standard InChI is InChI=1S/C16H15N3O2S/c1-16(2)14-13(22-21-16)12(11(8-17)15(18)19-14)9-4-6-10(20-3)7-5-9/h4-7H,1-3H3,(H2,18,19). The van der Waals surface area contributed by atoms with Crippen molar-refractivity contribution in [3.05, 3.63) is 35.5 Å². The molecule has 22 heavy (non-hydrogen) atoms. The lowest BCUT2D eigenvalue weighted by Crippen LogP contribution is -2.17. The lowest BCUT2D eigenvalue weighted by molar-refractivity contribution is 0.147. The summed E-state index contributed by atoms with van der Waals surface area (Å²) in [5, 5.41) is 9.48. The van der Waals surface area contributed by atoms with Crippen LogP contribution in [0.1, 0.15) is 25.1 Å². The summed E-state index contributed by atoms with van der Waals surface area (Å²) in [6, 6.07) is 9.67. The number of nitrogen functional groups attached to an aromatic ring is 1. The molecular formula is C16H15N3O2S. The van der Waals surface area contributed by atoms with Gasteiger partial charge >= 0.3 is 0 Å². The van der Waals surface area contributed by atoms with E-state index >= 15 is 0 Å². The van der Waals surface area contributed by atoms with Crippen molar-refractivity contribution in [1.29, 1.82) is 5.26 Å². The lowest BCUT2D eigenvalue weighted by Gasteiger charge is -2.17. The molecule has 2 aromatic rings. The topological polar surface area (TPSA) is 81.2 Å². The molecule has 1 aromatic heterocycles. The summed E-state index contributed by atoms with van der Waals surface area (Å²) in [5.41, 5.74) is 8.25. The zero-order valence-electron chi connectivity index (χ0n) is 12.5. The van der Waals surface area contributed by atoms with Gasteiger partial charge in [0, 0.05) is 17.6 Å². The number of hydrogen-bond donors (Lipinski definition) is 1. The van der Waals surface area contributed by atoms with Gasteiger partial charge in [-0.2, -0.15) is 5.26 Å². The molecule has 1 aromatic carbocycles. The van der Waals surface area contributed by atoms with Crippen LogP contribution in [0.15, 0.2) is 29.2 Å². The minimum Gasteiger partial charge on any atom is -0.497 e. The molecule has 0 atom stereocenters. The SMILES string of the molecule is COc1ccc(-c2c(C#N)c(N)nc3c2SOC3(C)C)cc1. The molecule has 0 amide bonds. The predicted molar refractivity (Wildman–Crippen MR) is 85.3 cm³/mol. The van der Waals surface area contributed by atoms with Gasteiger partial charge in [0.25, 0.3) is 0 Å². The van der Waals surface area contributed by atoms with Crippen LogP contribution in [0.3, 0.4) is 0 Å². The quantitative estimate of drug-likeness (QED) is 0.855. The average Bonchev–Trinajstić information content (AvgIpc) is 2.81. The van der Waals surface area contributed by atoms with Crippen LogP contribution in [0, 0.1) is 11.3 Å². The number of benzene rings is 1. The molecule has 2 heterocycles. The summed E-state index contributed by atoms with van der Waals surface area (Å²) in [7, 11) is 1.62. The molecule has 6 heteroatoms. The van der Waals surface area contributed by atoms with E-state index in [0.29, 0.717) is 5.56 Å². The fraction of sp³-hybridized carbons (Fsp3) is 0.250. The van der Waals surface area contributed by atoms with Crippen molar-refractivity contribution < 1.29 is 8.92 Å². The van der Waals surface area contributed by atoms with Gasteiger partial charge in [-0.15, -0.1) is 0 Å². The molecule has 112 valence electrons. The number of fused-ring (bicyclic) bond motifs is 1. The number of anilines is 1. The Morgan fingerprint density at radius 2 is 2.00 bits per heavy atom. The number of hydrogen-bond acceptors (Lipinski definition) is 6. The predicted octanol–water partition coefficient (Wildman–Crippen LogP) is 3.48. The minimum absolute atomic E-state index is 0.228. The summed E-state index contributed by atoms with van der Waals surface area (Å²) in [5.74, 6) is 0.983. The first-order chi connectivity index (χ1) is 10.5. The van der Waals surface area contributed by atoms with Gasteiger partial charge in [0.1, 0.15) is 28.8 Å². The van der Waals surface area contributed by atoms with E-state index in [1.165, 1.54) is 12.0 Å². The summed E-state index contributed by atoms with van der Waals surface area (Å²) in [6.07, 6.45) is 0. The van der Waals surface area contributed by atoms with Gasteiger partial charge in [-0.25, -0.2) is 4.98 Å². The third-order valence-corrected chi connectivity index (χ3v) is 4.64. The third kappa shape index (κ3) is 2.19. The van der Waals surface area contributed by atoms with Crippen molar-refractivity contribution in [1.82, 2.24) is 4.98 Å². The third-order valence-electron chi connectivity index (χ3n) is 3.57. The first-order valence-corrected chi connectivity index (χ1v) is 7.46. The summed E-state index contributed by atoms with van der Waals surface area (Å²) >= 11 is 1.24. The molecule has 3 rings (SSSR count). The van der Waals surface area contributed by atoms with Gasteiger partial charge in [-0.05, 0) is 31.5 Å².